The molecule has 1 saturated carbocycles. The Balaban J connectivity index is 1.34. The number of hydrogen-bond acceptors (Lipinski definition) is 3. The molecule has 1 N–H and O–H groups in total. The van der Waals surface area contributed by atoms with Gasteiger partial charge >= 0.3 is 0 Å². The van der Waals surface area contributed by atoms with Crippen molar-refractivity contribution in [2.45, 2.75) is 19.3 Å². The fraction of sp³-hybridized carbons (Fsp3) is 0.389. The number of carbonyl (C=O) groups is 1. The van der Waals surface area contributed by atoms with Crippen molar-refractivity contribution in [3.05, 3.63) is 54.6 Å². The Hall–Kier alpha value is -2.43. The average molecular weight is 308 g/mol. The molecule has 1 aromatic carbocycles. The molecule has 4 rings (SSSR count). The largest absolute Gasteiger partial charge is 0.352 e. The zero-order valence-electron chi connectivity index (χ0n) is 12.9. The second kappa shape index (κ2) is 5.99. The van der Waals surface area contributed by atoms with Crippen molar-refractivity contribution in [2.75, 3.05) is 6.54 Å². The van der Waals surface area contributed by atoms with Crippen LogP contribution in [0.3, 0.4) is 0 Å². The maximum atomic E-state index is 12.3. The van der Waals surface area contributed by atoms with Crippen LogP contribution < -0.4 is 5.32 Å². The molecule has 23 heavy (non-hydrogen) atoms. The lowest BCUT2D eigenvalue weighted by atomic mass is 9.90. The molecule has 118 valence electrons. The van der Waals surface area contributed by atoms with Gasteiger partial charge in [-0.1, -0.05) is 18.2 Å². The van der Waals surface area contributed by atoms with Crippen LogP contribution >= 0.6 is 0 Å². The Bertz CT molecular complexity index is 722. The molecular formula is C18H20N4O. The lowest BCUT2D eigenvalue weighted by Crippen LogP contribution is -2.26. The predicted octanol–water partition coefficient (Wildman–Crippen LogP) is 2.60. The number of benzene rings is 1. The van der Waals surface area contributed by atoms with E-state index in [1.807, 2.05) is 24.3 Å². The zero-order chi connectivity index (χ0) is 15.6. The van der Waals surface area contributed by atoms with E-state index in [2.05, 4.69) is 27.7 Å². The quantitative estimate of drug-likeness (QED) is 0.864. The third-order valence-electron chi connectivity index (χ3n) is 5.04. The molecule has 0 saturated heterocycles. The molecule has 0 spiro atoms. The highest BCUT2D eigenvalue weighted by atomic mass is 16.1. The first-order valence-corrected chi connectivity index (χ1v) is 8.21. The minimum absolute atomic E-state index is 0.0152. The van der Waals surface area contributed by atoms with Crippen molar-refractivity contribution >= 4 is 5.91 Å². The number of fused-ring (bicyclic) bond motifs is 2. The highest BCUT2D eigenvalue weighted by Crippen LogP contribution is 2.44. The number of rotatable bonds is 5. The molecule has 3 atom stereocenters. The summed E-state index contributed by atoms with van der Waals surface area (Å²) in [6.45, 7) is 0.747. The summed E-state index contributed by atoms with van der Waals surface area (Å²) in [7, 11) is 0. The van der Waals surface area contributed by atoms with Gasteiger partial charge in [0.1, 0.15) is 12.7 Å². The van der Waals surface area contributed by atoms with Gasteiger partial charge in [0.15, 0.2) is 0 Å². The van der Waals surface area contributed by atoms with Crippen molar-refractivity contribution in [1.82, 2.24) is 20.1 Å². The van der Waals surface area contributed by atoms with E-state index in [0.717, 1.165) is 36.4 Å². The molecule has 0 radical (unpaired) electrons. The molecule has 1 amide bonds. The number of nitrogens with zero attached hydrogens (tertiary/aromatic N) is 3. The molecule has 5 nitrogen and oxygen atoms in total. The fourth-order valence-corrected chi connectivity index (χ4v) is 3.84. The van der Waals surface area contributed by atoms with Crippen LogP contribution in [0.4, 0.5) is 0 Å². The molecule has 2 bridgehead atoms. The van der Waals surface area contributed by atoms with Crippen LogP contribution in [0, 0.1) is 17.8 Å². The normalized spacial score (nSPS) is 25.0. The Kier molecular flexibility index (Phi) is 3.69. The van der Waals surface area contributed by atoms with Gasteiger partial charge in [-0.3, -0.25) is 9.36 Å². The summed E-state index contributed by atoms with van der Waals surface area (Å²) >= 11 is 0. The topological polar surface area (TPSA) is 59.8 Å². The van der Waals surface area contributed by atoms with Crippen LogP contribution in [0.5, 0.6) is 0 Å². The molecule has 1 fully saturated rings. The molecular weight excluding hydrogens is 288 g/mol. The number of nitrogens with one attached hydrogen (secondary N) is 1. The summed E-state index contributed by atoms with van der Waals surface area (Å²) in [4.78, 5) is 12.3. The lowest BCUT2D eigenvalue weighted by molar-refractivity contribution is 0.0950. The summed E-state index contributed by atoms with van der Waals surface area (Å²) in [5.74, 6) is 2.27. The number of hydrogen-bond donors (Lipinski definition) is 1. The van der Waals surface area contributed by atoms with E-state index in [1.165, 1.54) is 12.8 Å². The van der Waals surface area contributed by atoms with Crippen molar-refractivity contribution in [3.63, 3.8) is 0 Å². The van der Waals surface area contributed by atoms with Crippen LogP contribution in [-0.2, 0) is 0 Å². The molecule has 2 aliphatic rings. The number of aromatic nitrogens is 3. The van der Waals surface area contributed by atoms with E-state index in [4.69, 9.17) is 0 Å². The van der Waals surface area contributed by atoms with E-state index in [0.29, 0.717) is 5.56 Å². The van der Waals surface area contributed by atoms with Crippen LogP contribution in [0.25, 0.3) is 5.69 Å². The number of amides is 1. The second-order valence-corrected chi connectivity index (χ2v) is 6.50. The van der Waals surface area contributed by atoms with Crippen LogP contribution in [-0.4, -0.2) is 27.2 Å². The minimum atomic E-state index is -0.0152. The second-order valence-electron chi connectivity index (χ2n) is 6.50. The van der Waals surface area contributed by atoms with Gasteiger partial charge in [0.05, 0.1) is 0 Å². The molecule has 2 aliphatic carbocycles. The van der Waals surface area contributed by atoms with Crippen molar-refractivity contribution < 1.29 is 4.79 Å². The maximum absolute atomic E-state index is 12.3. The monoisotopic (exact) mass is 308 g/mol. The molecule has 0 unspecified atom stereocenters. The third kappa shape index (κ3) is 2.91. The highest BCUT2D eigenvalue weighted by molar-refractivity contribution is 5.94. The zero-order valence-corrected chi connectivity index (χ0v) is 12.9. The van der Waals surface area contributed by atoms with E-state index in [-0.39, 0.29) is 5.91 Å². The van der Waals surface area contributed by atoms with Crippen LogP contribution in [0.1, 0.15) is 29.6 Å². The molecule has 1 aromatic heterocycles. The van der Waals surface area contributed by atoms with Gasteiger partial charge in [0.25, 0.3) is 5.91 Å². The predicted molar refractivity (Wildman–Crippen MR) is 87.2 cm³/mol. The van der Waals surface area contributed by atoms with E-state index in [1.54, 1.807) is 17.2 Å². The summed E-state index contributed by atoms with van der Waals surface area (Å²) in [6.07, 6.45) is 11.7. The van der Waals surface area contributed by atoms with Crippen LogP contribution in [0.15, 0.2) is 49.1 Å². The highest BCUT2D eigenvalue weighted by Gasteiger charge is 2.34. The van der Waals surface area contributed by atoms with E-state index >= 15 is 0 Å². The Labute approximate surface area is 135 Å². The smallest absolute Gasteiger partial charge is 0.251 e. The molecule has 2 aromatic rings. The van der Waals surface area contributed by atoms with Gasteiger partial charge < -0.3 is 5.32 Å². The fourth-order valence-electron chi connectivity index (χ4n) is 3.84. The average Bonchev–Trinajstić information content (AvgIpc) is 3.32. The van der Waals surface area contributed by atoms with Gasteiger partial charge in [0.2, 0.25) is 0 Å². The standard InChI is InChI=1S/C18H20N4O/c23-18(19-7-6-15-9-13-4-5-14(15)8-13)16-2-1-3-17(10-16)22-11-20-21-12-22/h1-5,10-15H,6-9H2,(H,19,23)/t13-,14+,15-/m1/s1. The Morgan fingerprint density at radius 2 is 2.09 bits per heavy atom. The van der Waals surface area contributed by atoms with Gasteiger partial charge in [-0.25, -0.2) is 0 Å². The van der Waals surface area contributed by atoms with E-state index < -0.39 is 0 Å². The molecule has 0 aliphatic heterocycles. The maximum Gasteiger partial charge on any atom is 0.251 e. The SMILES string of the molecule is O=C(NCC[C@@H]1C[C@@H]2C=C[C@H]1C2)c1cccc(-n2cnnc2)c1. The first kappa shape index (κ1) is 14.2. The van der Waals surface area contributed by atoms with Gasteiger partial charge in [-0.15, -0.1) is 10.2 Å². The van der Waals surface area contributed by atoms with Crippen LogP contribution in [0.2, 0.25) is 0 Å². The minimum Gasteiger partial charge on any atom is -0.352 e. The Morgan fingerprint density at radius 3 is 2.83 bits per heavy atom. The lowest BCUT2D eigenvalue weighted by Gasteiger charge is -2.18. The van der Waals surface area contributed by atoms with Crippen molar-refractivity contribution in [3.8, 4) is 5.69 Å². The first-order valence-electron chi connectivity index (χ1n) is 8.21. The summed E-state index contributed by atoms with van der Waals surface area (Å²) in [5, 5.41) is 10.6. The van der Waals surface area contributed by atoms with Gasteiger partial charge in [-0.05, 0) is 55.2 Å². The summed E-state index contributed by atoms with van der Waals surface area (Å²) < 4.78 is 1.79. The van der Waals surface area contributed by atoms with E-state index in [9.17, 15) is 4.79 Å². The van der Waals surface area contributed by atoms with Gasteiger partial charge in [-0.2, -0.15) is 0 Å². The Morgan fingerprint density at radius 1 is 1.22 bits per heavy atom. The molecule has 5 heteroatoms. The summed E-state index contributed by atoms with van der Waals surface area (Å²) in [6, 6.07) is 7.51. The first-order chi connectivity index (χ1) is 11.3. The summed E-state index contributed by atoms with van der Waals surface area (Å²) in [5.41, 5.74) is 1.56. The number of carbonyl (C=O) groups excluding carboxylic acids is 1. The third-order valence-corrected chi connectivity index (χ3v) is 5.04. The van der Waals surface area contributed by atoms with Crippen molar-refractivity contribution in [1.29, 1.82) is 0 Å². The molecule has 1 heterocycles. The number of allylic oxidation sites excluding steroid dienone is 2. The van der Waals surface area contributed by atoms with Crippen molar-refractivity contribution in [2.24, 2.45) is 17.8 Å². The van der Waals surface area contributed by atoms with Gasteiger partial charge in [0, 0.05) is 17.8 Å².